The molecule has 4 rings (SSSR count). The third kappa shape index (κ3) is 4.28. The van der Waals surface area contributed by atoms with Crippen LogP contribution in [0.1, 0.15) is 12.3 Å². The Morgan fingerprint density at radius 2 is 1.89 bits per heavy atom. The van der Waals surface area contributed by atoms with E-state index in [0.717, 1.165) is 18.7 Å². The zero-order valence-electron chi connectivity index (χ0n) is 15.2. The quantitative estimate of drug-likeness (QED) is 0.652. The van der Waals surface area contributed by atoms with Gasteiger partial charge < -0.3 is 14.3 Å². The van der Waals surface area contributed by atoms with E-state index in [1.807, 2.05) is 17.0 Å². The van der Waals surface area contributed by atoms with Gasteiger partial charge in [0.2, 0.25) is 23.6 Å². The molecule has 1 aromatic carbocycles. The Morgan fingerprint density at radius 1 is 1.11 bits per heavy atom. The van der Waals surface area contributed by atoms with Crippen molar-refractivity contribution in [3.8, 4) is 11.4 Å². The third-order valence-electron chi connectivity index (χ3n) is 4.57. The molecule has 28 heavy (non-hydrogen) atoms. The van der Waals surface area contributed by atoms with Gasteiger partial charge in [0.05, 0.1) is 0 Å². The molecule has 9 heteroatoms. The molecule has 0 N–H and O–H groups in total. The van der Waals surface area contributed by atoms with E-state index in [0.29, 0.717) is 48.6 Å². The summed E-state index contributed by atoms with van der Waals surface area (Å²) in [6.45, 7) is 2.73. The van der Waals surface area contributed by atoms with Crippen molar-refractivity contribution in [3.05, 3.63) is 53.6 Å². The summed E-state index contributed by atoms with van der Waals surface area (Å²) in [6, 6.07) is 9.04. The summed E-state index contributed by atoms with van der Waals surface area (Å²) in [5, 5.41) is 4.58. The van der Waals surface area contributed by atoms with Gasteiger partial charge >= 0.3 is 0 Å². The van der Waals surface area contributed by atoms with E-state index in [1.165, 1.54) is 0 Å². The number of carbonyl (C=O) groups is 1. The topological polar surface area (TPSA) is 88.3 Å². The Labute approximate surface area is 167 Å². The largest absolute Gasteiger partial charge is 0.339 e. The zero-order valence-corrected chi connectivity index (χ0v) is 15.9. The van der Waals surface area contributed by atoms with Crippen LogP contribution in [0.15, 0.2) is 47.2 Å². The standard InChI is InChI=1S/C19H19ClN6O2/c20-15-4-1-3-14(13-15)18-23-16(28-24-18)5-6-17(27)25-9-11-26(12-10-25)19-21-7-2-8-22-19/h1-4,7-8,13H,5-6,9-12H2. The van der Waals surface area contributed by atoms with E-state index >= 15 is 0 Å². The lowest BCUT2D eigenvalue weighted by atomic mass is 10.2. The number of aromatic nitrogens is 4. The first-order valence-corrected chi connectivity index (χ1v) is 9.45. The molecule has 1 aliphatic heterocycles. The van der Waals surface area contributed by atoms with E-state index in [1.54, 1.807) is 30.6 Å². The molecule has 2 aromatic heterocycles. The number of aryl methyl sites for hydroxylation is 1. The van der Waals surface area contributed by atoms with E-state index in [-0.39, 0.29) is 5.91 Å². The van der Waals surface area contributed by atoms with Crippen LogP contribution in [0.25, 0.3) is 11.4 Å². The molecular weight excluding hydrogens is 380 g/mol. The normalized spacial score (nSPS) is 14.3. The first-order chi connectivity index (χ1) is 13.7. The molecule has 0 bridgehead atoms. The van der Waals surface area contributed by atoms with Crippen LogP contribution in [0.3, 0.4) is 0 Å². The van der Waals surface area contributed by atoms with Crippen molar-refractivity contribution in [2.45, 2.75) is 12.8 Å². The van der Waals surface area contributed by atoms with Crippen LogP contribution in [0.2, 0.25) is 5.02 Å². The molecule has 0 spiro atoms. The van der Waals surface area contributed by atoms with Gasteiger partial charge in [-0.3, -0.25) is 4.79 Å². The van der Waals surface area contributed by atoms with Crippen LogP contribution in [0.5, 0.6) is 0 Å². The third-order valence-corrected chi connectivity index (χ3v) is 4.81. The Kier molecular flexibility index (Phi) is 5.48. The van der Waals surface area contributed by atoms with Crippen molar-refractivity contribution in [2.75, 3.05) is 31.1 Å². The first-order valence-electron chi connectivity index (χ1n) is 9.07. The maximum absolute atomic E-state index is 12.5. The van der Waals surface area contributed by atoms with Gasteiger partial charge in [-0.05, 0) is 18.2 Å². The van der Waals surface area contributed by atoms with Gasteiger partial charge in [-0.25, -0.2) is 9.97 Å². The molecule has 0 radical (unpaired) electrons. The molecule has 1 amide bonds. The van der Waals surface area contributed by atoms with E-state index in [4.69, 9.17) is 16.1 Å². The highest BCUT2D eigenvalue weighted by molar-refractivity contribution is 6.30. The first kappa shape index (κ1) is 18.4. The summed E-state index contributed by atoms with van der Waals surface area (Å²) >= 11 is 5.99. The second kappa shape index (κ2) is 8.35. The number of piperazine rings is 1. The van der Waals surface area contributed by atoms with Gasteiger partial charge in [0.25, 0.3) is 0 Å². The number of rotatable bonds is 5. The SMILES string of the molecule is O=C(CCc1nc(-c2cccc(Cl)c2)no1)N1CCN(c2ncccn2)CC1. The average Bonchev–Trinajstić information content (AvgIpc) is 3.22. The molecule has 8 nitrogen and oxygen atoms in total. The number of hydrogen-bond donors (Lipinski definition) is 0. The van der Waals surface area contributed by atoms with Gasteiger partial charge in [-0.15, -0.1) is 0 Å². The van der Waals surface area contributed by atoms with Crippen molar-refractivity contribution in [3.63, 3.8) is 0 Å². The Morgan fingerprint density at radius 3 is 2.64 bits per heavy atom. The van der Waals surface area contributed by atoms with Crippen molar-refractivity contribution < 1.29 is 9.32 Å². The summed E-state index contributed by atoms with van der Waals surface area (Å²) in [4.78, 5) is 29.3. The Bertz CT molecular complexity index is 940. The lowest BCUT2D eigenvalue weighted by molar-refractivity contribution is -0.131. The zero-order chi connectivity index (χ0) is 19.3. The van der Waals surface area contributed by atoms with Crippen molar-refractivity contribution in [1.82, 2.24) is 25.0 Å². The minimum absolute atomic E-state index is 0.0798. The monoisotopic (exact) mass is 398 g/mol. The summed E-state index contributed by atoms with van der Waals surface area (Å²) in [5.74, 6) is 1.70. The van der Waals surface area contributed by atoms with Crippen LogP contribution >= 0.6 is 11.6 Å². The molecule has 1 fully saturated rings. The van der Waals surface area contributed by atoms with Gasteiger partial charge in [0.15, 0.2) is 0 Å². The summed E-state index contributed by atoms with van der Waals surface area (Å²) in [6.07, 6.45) is 4.19. The van der Waals surface area contributed by atoms with Crippen LogP contribution in [0, 0.1) is 0 Å². The minimum atomic E-state index is 0.0798. The highest BCUT2D eigenvalue weighted by Crippen LogP contribution is 2.20. The lowest BCUT2D eigenvalue weighted by Gasteiger charge is -2.34. The van der Waals surface area contributed by atoms with Gasteiger partial charge in [-0.2, -0.15) is 4.98 Å². The Hall–Kier alpha value is -3.00. The number of benzene rings is 1. The van der Waals surface area contributed by atoms with Crippen LogP contribution in [0.4, 0.5) is 5.95 Å². The molecule has 144 valence electrons. The predicted molar refractivity (Wildman–Crippen MR) is 104 cm³/mol. The fraction of sp³-hybridized carbons (Fsp3) is 0.316. The Balaban J connectivity index is 1.28. The molecule has 0 saturated carbocycles. The maximum Gasteiger partial charge on any atom is 0.227 e. The smallest absolute Gasteiger partial charge is 0.227 e. The minimum Gasteiger partial charge on any atom is -0.339 e. The fourth-order valence-corrected chi connectivity index (χ4v) is 3.27. The van der Waals surface area contributed by atoms with Crippen molar-refractivity contribution >= 4 is 23.5 Å². The van der Waals surface area contributed by atoms with Crippen molar-refractivity contribution in [1.29, 1.82) is 0 Å². The van der Waals surface area contributed by atoms with Crippen LogP contribution in [-0.2, 0) is 11.2 Å². The van der Waals surface area contributed by atoms with Crippen LogP contribution in [-0.4, -0.2) is 57.1 Å². The predicted octanol–water partition coefficient (Wildman–Crippen LogP) is 2.46. The number of amides is 1. The maximum atomic E-state index is 12.5. The highest BCUT2D eigenvalue weighted by atomic mass is 35.5. The molecule has 3 aromatic rings. The summed E-state index contributed by atoms with van der Waals surface area (Å²) in [7, 11) is 0. The number of halogens is 1. The molecule has 1 saturated heterocycles. The number of carbonyl (C=O) groups excluding carboxylic acids is 1. The fourth-order valence-electron chi connectivity index (χ4n) is 3.08. The highest BCUT2D eigenvalue weighted by Gasteiger charge is 2.22. The molecule has 0 atom stereocenters. The van der Waals surface area contributed by atoms with Gasteiger partial charge in [0.1, 0.15) is 0 Å². The number of anilines is 1. The lowest BCUT2D eigenvalue weighted by Crippen LogP contribution is -2.49. The van der Waals surface area contributed by atoms with E-state index in [2.05, 4.69) is 25.0 Å². The van der Waals surface area contributed by atoms with Gasteiger partial charge in [-0.1, -0.05) is 28.9 Å². The average molecular weight is 399 g/mol. The van der Waals surface area contributed by atoms with E-state index < -0.39 is 0 Å². The van der Waals surface area contributed by atoms with Gasteiger partial charge in [0, 0.05) is 62.0 Å². The number of nitrogens with zero attached hydrogens (tertiary/aromatic N) is 6. The molecular formula is C19H19ClN6O2. The molecule has 1 aliphatic rings. The summed E-state index contributed by atoms with van der Waals surface area (Å²) in [5.41, 5.74) is 0.785. The summed E-state index contributed by atoms with van der Waals surface area (Å²) < 4.78 is 5.27. The second-order valence-electron chi connectivity index (χ2n) is 6.44. The molecule has 0 aliphatic carbocycles. The van der Waals surface area contributed by atoms with E-state index in [9.17, 15) is 4.79 Å². The van der Waals surface area contributed by atoms with Crippen LogP contribution < -0.4 is 4.90 Å². The molecule has 3 heterocycles. The number of hydrogen-bond acceptors (Lipinski definition) is 7. The van der Waals surface area contributed by atoms with Crippen molar-refractivity contribution in [2.24, 2.45) is 0 Å². The molecule has 0 unspecified atom stereocenters. The second-order valence-corrected chi connectivity index (χ2v) is 6.88.